The number of nitrogens with zero attached hydrogens (tertiary/aromatic N) is 1. The summed E-state index contributed by atoms with van der Waals surface area (Å²) in [6.45, 7) is 1.56. The zero-order valence-corrected chi connectivity index (χ0v) is 15.8. The quantitative estimate of drug-likeness (QED) is 0.386. The Balaban J connectivity index is 1.60. The molecule has 3 aromatic carbocycles. The summed E-state index contributed by atoms with van der Waals surface area (Å²) in [5.74, 6) is 0.162. The number of ether oxygens (including phenoxy) is 1. The van der Waals surface area contributed by atoms with Crippen LogP contribution in [0.1, 0.15) is 5.56 Å². The van der Waals surface area contributed by atoms with E-state index in [4.69, 9.17) is 17.0 Å². The summed E-state index contributed by atoms with van der Waals surface area (Å²) in [6, 6.07) is 17.7. The molecular weight excluding hydrogens is 378 g/mol. The first kappa shape index (κ1) is 19.2. The number of benzene rings is 3. The Morgan fingerprint density at radius 2 is 1.89 bits per heavy atom. The van der Waals surface area contributed by atoms with Crippen molar-refractivity contribution in [3.63, 3.8) is 0 Å². The highest BCUT2D eigenvalue weighted by Gasteiger charge is 2.12. The number of anilines is 1. The Labute approximate surface area is 166 Å². The molecule has 0 radical (unpaired) electrons. The number of amides is 1. The molecular formula is C20H17N3O4S. The van der Waals surface area contributed by atoms with E-state index in [0.29, 0.717) is 11.4 Å². The molecule has 3 rings (SSSR count). The SMILES string of the molecule is Cc1ccc([N+](=O)[O-])cc1NC(=S)NC(=O)COc1cccc2ccccc12. The zero-order chi connectivity index (χ0) is 20.1. The second-order valence-electron chi connectivity index (χ2n) is 6.02. The molecule has 7 nitrogen and oxygen atoms in total. The highest BCUT2D eigenvalue weighted by atomic mass is 32.1. The average molecular weight is 395 g/mol. The summed E-state index contributed by atoms with van der Waals surface area (Å²) in [5, 5.41) is 18.2. The van der Waals surface area contributed by atoms with Crippen LogP contribution in [-0.2, 0) is 4.79 Å². The van der Waals surface area contributed by atoms with E-state index >= 15 is 0 Å². The molecule has 28 heavy (non-hydrogen) atoms. The third kappa shape index (κ3) is 4.60. The third-order valence-corrected chi connectivity index (χ3v) is 4.25. The van der Waals surface area contributed by atoms with Crippen molar-refractivity contribution in [2.45, 2.75) is 6.92 Å². The minimum Gasteiger partial charge on any atom is -0.483 e. The number of aryl methyl sites for hydroxylation is 1. The average Bonchev–Trinajstić information content (AvgIpc) is 2.67. The number of rotatable bonds is 5. The van der Waals surface area contributed by atoms with Gasteiger partial charge < -0.3 is 10.1 Å². The topological polar surface area (TPSA) is 93.5 Å². The Kier molecular flexibility index (Phi) is 5.81. The van der Waals surface area contributed by atoms with Crippen molar-refractivity contribution in [2.24, 2.45) is 0 Å². The molecule has 0 atom stereocenters. The number of non-ortho nitro benzene ring substituents is 1. The van der Waals surface area contributed by atoms with Crippen LogP contribution in [0.4, 0.5) is 11.4 Å². The summed E-state index contributed by atoms with van der Waals surface area (Å²) < 4.78 is 5.62. The maximum Gasteiger partial charge on any atom is 0.271 e. The second kappa shape index (κ2) is 8.45. The van der Waals surface area contributed by atoms with E-state index in [1.165, 1.54) is 12.1 Å². The van der Waals surface area contributed by atoms with Crippen LogP contribution < -0.4 is 15.4 Å². The predicted octanol–water partition coefficient (Wildman–Crippen LogP) is 3.95. The van der Waals surface area contributed by atoms with E-state index in [9.17, 15) is 14.9 Å². The molecule has 0 aliphatic carbocycles. The van der Waals surface area contributed by atoms with E-state index in [1.54, 1.807) is 19.1 Å². The first-order chi connectivity index (χ1) is 13.4. The summed E-state index contributed by atoms with van der Waals surface area (Å²) in [4.78, 5) is 22.5. The maximum atomic E-state index is 12.1. The summed E-state index contributed by atoms with van der Waals surface area (Å²) >= 11 is 5.12. The highest BCUT2D eigenvalue weighted by Crippen LogP contribution is 2.25. The summed E-state index contributed by atoms with van der Waals surface area (Å²) in [7, 11) is 0. The maximum absolute atomic E-state index is 12.1. The fourth-order valence-corrected chi connectivity index (χ4v) is 2.86. The molecule has 0 spiro atoms. The Morgan fingerprint density at radius 1 is 1.14 bits per heavy atom. The van der Waals surface area contributed by atoms with Gasteiger partial charge in [-0.05, 0) is 36.2 Å². The molecule has 0 saturated heterocycles. The van der Waals surface area contributed by atoms with E-state index in [2.05, 4.69) is 10.6 Å². The normalized spacial score (nSPS) is 10.3. The molecule has 0 saturated carbocycles. The number of nitrogens with one attached hydrogen (secondary N) is 2. The van der Waals surface area contributed by atoms with E-state index < -0.39 is 10.8 Å². The largest absolute Gasteiger partial charge is 0.483 e. The van der Waals surface area contributed by atoms with E-state index in [0.717, 1.165) is 16.3 Å². The van der Waals surface area contributed by atoms with Crippen LogP contribution in [0.2, 0.25) is 0 Å². The molecule has 1 amide bonds. The van der Waals surface area contributed by atoms with Crippen LogP contribution in [0.15, 0.2) is 60.7 Å². The van der Waals surface area contributed by atoms with Gasteiger partial charge in [-0.1, -0.05) is 42.5 Å². The van der Waals surface area contributed by atoms with Crippen LogP contribution in [0, 0.1) is 17.0 Å². The number of nitro benzene ring substituents is 1. The van der Waals surface area contributed by atoms with Crippen molar-refractivity contribution in [1.29, 1.82) is 0 Å². The minimum absolute atomic E-state index is 0.0371. The lowest BCUT2D eigenvalue weighted by Crippen LogP contribution is -2.37. The van der Waals surface area contributed by atoms with Crippen molar-refractivity contribution in [3.8, 4) is 5.75 Å². The fourth-order valence-electron chi connectivity index (χ4n) is 2.64. The summed E-state index contributed by atoms with van der Waals surface area (Å²) in [6.07, 6.45) is 0. The van der Waals surface area contributed by atoms with Crippen LogP contribution in [0.25, 0.3) is 10.8 Å². The molecule has 0 aromatic heterocycles. The van der Waals surface area contributed by atoms with Crippen molar-refractivity contribution in [2.75, 3.05) is 11.9 Å². The van der Waals surface area contributed by atoms with Gasteiger partial charge in [0.15, 0.2) is 11.7 Å². The van der Waals surface area contributed by atoms with Gasteiger partial charge in [-0.25, -0.2) is 0 Å². The van der Waals surface area contributed by atoms with Crippen molar-refractivity contribution in [3.05, 3.63) is 76.3 Å². The molecule has 3 aromatic rings. The lowest BCUT2D eigenvalue weighted by molar-refractivity contribution is -0.384. The van der Waals surface area contributed by atoms with Gasteiger partial charge in [-0.2, -0.15) is 0 Å². The third-order valence-electron chi connectivity index (χ3n) is 4.04. The van der Waals surface area contributed by atoms with Gasteiger partial charge in [-0.15, -0.1) is 0 Å². The lowest BCUT2D eigenvalue weighted by atomic mass is 10.1. The number of carbonyl (C=O) groups is 1. The molecule has 0 aliphatic rings. The standard InChI is InChI=1S/C20H17N3O4S/c1-13-9-10-15(23(25)26)11-17(13)21-20(28)22-19(24)12-27-18-8-4-6-14-5-2-3-7-16(14)18/h2-11H,12H2,1H3,(H2,21,22,24,28). The van der Waals surface area contributed by atoms with Crippen molar-refractivity contribution < 1.29 is 14.5 Å². The minimum atomic E-state index is -0.496. The smallest absolute Gasteiger partial charge is 0.271 e. The molecule has 0 fully saturated rings. The molecule has 8 heteroatoms. The number of hydrogen-bond acceptors (Lipinski definition) is 5. The monoisotopic (exact) mass is 395 g/mol. The summed E-state index contributed by atoms with van der Waals surface area (Å²) in [5.41, 5.74) is 1.14. The van der Waals surface area contributed by atoms with Crippen LogP contribution >= 0.6 is 12.2 Å². The number of fused-ring (bicyclic) bond motifs is 1. The van der Waals surface area contributed by atoms with Crippen LogP contribution in [0.3, 0.4) is 0 Å². The molecule has 0 heterocycles. The zero-order valence-electron chi connectivity index (χ0n) is 15.0. The molecule has 0 unspecified atom stereocenters. The Hall–Kier alpha value is -3.52. The van der Waals surface area contributed by atoms with Gasteiger partial charge in [0.25, 0.3) is 11.6 Å². The fraction of sp³-hybridized carbons (Fsp3) is 0.100. The van der Waals surface area contributed by atoms with Gasteiger partial charge in [0.05, 0.1) is 4.92 Å². The van der Waals surface area contributed by atoms with Gasteiger partial charge in [0.2, 0.25) is 0 Å². The Morgan fingerprint density at radius 3 is 2.68 bits per heavy atom. The van der Waals surface area contributed by atoms with E-state index in [-0.39, 0.29) is 17.4 Å². The molecule has 0 aliphatic heterocycles. The van der Waals surface area contributed by atoms with Gasteiger partial charge in [0, 0.05) is 23.2 Å². The van der Waals surface area contributed by atoms with Crippen molar-refractivity contribution in [1.82, 2.24) is 5.32 Å². The number of hydrogen-bond donors (Lipinski definition) is 2. The number of carbonyl (C=O) groups excluding carboxylic acids is 1. The predicted molar refractivity (Wildman–Crippen MR) is 112 cm³/mol. The number of nitro groups is 1. The number of thiocarbonyl (C=S) groups is 1. The molecule has 2 N–H and O–H groups in total. The first-order valence-corrected chi connectivity index (χ1v) is 8.81. The highest BCUT2D eigenvalue weighted by molar-refractivity contribution is 7.80. The van der Waals surface area contributed by atoms with Gasteiger partial charge in [0.1, 0.15) is 5.75 Å². The Bertz CT molecular complexity index is 1060. The van der Waals surface area contributed by atoms with Gasteiger partial charge in [-0.3, -0.25) is 20.2 Å². The molecule has 142 valence electrons. The molecule has 0 bridgehead atoms. The first-order valence-electron chi connectivity index (χ1n) is 8.40. The van der Waals surface area contributed by atoms with Crippen LogP contribution in [-0.4, -0.2) is 22.5 Å². The van der Waals surface area contributed by atoms with Crippen molar-refractivity contribution >= 4 is 45.4 Å². The second-order valence-corrected chi connectivity index (χ2v) is 6.43. The van der Waals surface area contributed by atoms with E-state index in [1.807, 2.05) is 36.4 Å². The van der Waals surface area contributed by atoms with Crippen LogP contribution in [0.5, 0.6) is 5.75 Å². The van der Waals surface area contributed by atoms with Gasteiger partial charge >= 0.3 is 0 Å². The lowest BCUT2D eigenvalue weighted by Gasteiger charge is -2.13.